The Morgan fingerprint density at radius 3 is 1.81 bits per heavy atom. The molecular weight excluding hydrogens is 254 g/mol. The molecule has 1 aromatic heterocycles. The predicted molar refractivity (Wildman–Crippen MR) is 87.4 cm³/mol. The lowest BCUT2D eigenvalue weighted by Gasteiger charge is -2.18. The van der Waals surface area contributed by atoms with Crippen molar-refractivity contribution in [2.75, 3.05) is 0 Å². The molecule has 0 saturated heterocycles. The van der Waals surface area contributed by atoms with E-state index in [9.17, 15) is 0 Å². The molecule has 0 aliphatic carbocycles. The summed E-state index contributed by atoms with van der Waals surface area (Å²) in [7, 11) is 0. The molecule has 0 aliphatic heterocycles. The Morgan fingerprint density at radius 1 is 0.762 bits per heavy atom. The smallest absolute Gasteiger partial charge is 0.0413 e. The number of pyridine rings is 1. The monoisotopic (exact) mass is 273 g/mol. The molecule has 2 aromatic carbocycles. The summed E-state index contributed by atoms with van der Waals surface area (Å²) in [4.78, 5) is 4.57. The molecule has 1 heterocycles. The van der Waals surface area contributed by atoms with Crippen molar-refractivity contribution in [1.82, 2.24) is 4.98 Å². The standard InChI is InChI=1S/C20H19N/c1-16-12-13-19(21-15-16)14-20(17-8-4-2-5-9-17)18-10-6-3-7-11-18/h2-13,15,20H,14H2,1H3. The van der Waals surface area contributed by atoms with Crippen molar-refractivity contribution in [3.8, 4) is 0 Å². The summed E-state index contributed by atoms with van der Waals surface area (Å²) in [6, 6.07) is 25.6. The van der Waals surface area contributed by atoms with Crippen LogP contribution in [-0.2, 0) is 6.42 Å². The van der Waals surface area contributed by atoms with Crippen molar-refractivity contribution in [2.45, 2.75) is 19.3 Å². The molecule has 0 spiro atoms. The molecule has 21 heavy (non-hydrogen) atoms. The van der Waals surface area contributed by atoms with E-state index in [0.717, 1.165) is 12.1 Å². The highest BCUT2D eigenvalue weighted by molar-refractivity contribution is 5.34. The maximum Gasteiger partial charge on any atom is 0.0413 e. The molecule has 0 atom stereocenters. The molecule has 0 N–H and O–H groups in total. The average molecular weight is 273 g/mol. The van der Waals surface area contributed by atoms with Crippen LogP contribution >= 0.6 is 0 Å². The number of aryl methyl sites for hydroxylation is 1. The Kier molecular flexibility index (Phi) is 4.11. The molecule has 1 nitrogen and oxygen atoms in total. The third-order valence-corrected chi connectivity index (χ3v) is 3.79. The second kappa shape index (κ2) is 6.36. The van der Waals surface area contributed by atoms with Crippen molar-refractivity contribution >= 4 is 0 Å². The van der Waals surface area contributed by atoms with E-state index < -0.39 is 0 Å². The third kappa shape index (κ3) is 3.38. The van der Waals surface area contributed by atoms with E-state index in [2.05, 4.69) is 84.7 Å². The second-order valence-corrected chi connectivity index (χ2v) is 5.40. The lowest BCUT2D eigenvalue weighted by Crippen LogP contribution is -2.06. The van der Waals surface area contributed by atoms with Crippen LogP contribution in [0.4, 0.5) is 0 Å². The van der Waals surface area contributed by atoms with Crippen LogP contribution in [0.2, 0.25) is 0 Å². The van der Waals surface area contributed by atoms with Gasteiger partial charge >= 0.3 is 0 Å². The molecule has 0 fully saturated rings. The van der Waals surface area contributed by atoms with E-state index in [-0.39, 0.29) is 0 Å². The van der Waals surface area contributed by atoms with E-state index in [1.807, 2.05) is 6.20 Å². The SMILES string of the molecule is Cc1ccc(CC(c2ccccc2)c2ccccc2)nc1. The summed E-state index contributed by atoms with van der Waals surface area (Å²) in [5.41, 5.74) is 5.02. The minimum atomic E-state index is 0.350. The molecule has 3 rings (SSSR count). The summed E-state index contributed by atoms with van der Waals surface area (Å²) in [5, 5.41) is 0. The van der Waals surface area contributed by atoms with Crippen molar-refractivity contribution < 1.29 is 0 Å². The number of hydrogen-bond acceptors (Lipinski definition) is 1. The van der Waals surface area contributed by atoms with Crippen LogP contribution in [0.15, 0.2) is 79.0 Å². The van der Waals surface area contributed by atoms with Gasteiger partial charge in [0.2, 0.25) is 0 Å². The Hall–Kier alpha value is -2.41. The molecule has 3 aromatic rings. The van der Waals surface area contributed by atoms with E-state index in [1.165, 1.54) is 16.7 Å². The quantitative estimate of drug-likeness (QED) is 0.667. The van der Waals surface area contributed by atoms with Crippen LogP contribution in [-0.4, -0.2) is 4.98 Å². The average Bonchev–Trinajstić information content (AvgIpc) is 2.56. The normalized spacial score (nSPS) is 10.8. The van der Waals surface area contributed by atoms with Gasteiger partial charge in [-0.15, -0.1) is 0 Å². The summed E-state index contributed by atoms with van der Waals surface area (Å²) in [6.07, 6.45) is 2.87. The van der Waals surface area contributed by atoms with Crippen molar-refractivity contribution in [2.24, 2.45) is 0 Å². The summed E-state index contributed by atoms with van der Waals surface area (Å²) in [6.45, 7) is 2.07. The van der Waals surface area contributed by atoms with Gasteiger partial charge in [-0.2, -0.15) is 0 Å². The summed E-state index contributed by atoms with van der Waals surface area (Å²) < 4.78 is 0. The van der Waals surface area contributed by atoms with Crippen LogP contribution in [0.1, 0.15) is 28.3 Å². The Morgan fingerprint density at radius 2 is 1.33 bits per heavy atom. The highest BCUT2D eigenvalue weighted by Gasteiger charge is 2.15. The van der Waals surface area contributed by atoms with E-state index in [0.29, 0.717) is 5.92 Å². The Bertz CT molecular complexity index is 633. The van der Waals surface area contributed by atoms with Gasteiger partial charge in [0, 0.05) is 24.2 Å². The van der Waals surface area contributed by atoms with Crippen LogP contribution in [0, 0.1) is 6.92 Å². The van der Waals surface area contributed by atoms with Crippen molar-refractivity contribution in [3.63, 3.8) is 0 Å². The lowest BCUT2D eigenvalue weighted by molar-refractivity contribution is 0.782. The van der Waals surface area contributed by atoms with Gasteiger partial charge in [-0.25, -0.2) is 0 Å². The highest BCUT2D eigenvalue weighted by Crippen LogP contribution is 2.27. The fraction of sp³-hybridized carbons (Fsp3) is 0.150. The molecule has 1 heteroatoms. The van der Waals surface area contributed by atoms with Crippen LogP contribution in [0.5, 0.6) is 0 Å². The van der Waals surface area contributed by atoms with Gasteiger partial charge in [-0.1, -0.05) is 66.7 Å². The zero-order chi connectivity index (χ0) is 14.5. The van der Waals surface area contributed by atoms with Crippen molar-refractivity contribution in [1.29, 1.82) is 0 Å². The molecular formula is C20H19N. The number of benzene rings is 2. The van der Waals surface area contributed by atoms with Crippen molar-refractivity contribution in [3.05, 3.63) is 101 Å². The first-order valence-corrected chi connectivity index (χ1v) is 7.34. The second-order valence-electron chi connectivity index (χ2n) is 5.40. The maximum absolute atomic E-state index is 4.57. The third-order valence-electron chi connectivity index (χ3n) is 3.79. The first-order chi connectivity index (χ1) is 10.3. The minimum absolute atomic E-state index is 0.350. The minimum Gasteiger partial charge on any atom is -0.261 e. The zero-order valence-electron chi connectivity index (χ0n) is 12.2. The lowest BCUT2D eigenvalue weighted by atomic mass is 9.87. The van der Waals surface area contributed by atoms with Crippen LogP contribution < -0.4 is 0 Å². The van der Waals surface area contributed by atoms with Gasteiger partial charge in [0.15, 0.2) is 0 Å². The number of nitrogens with zero attached hydrogens (tertiary/aromatic N) is 1. The molecule has 0 saturated carbocycles. The van der Waals surface area contributed by atoms with Gasteiger partial charge in [0.1, 0.15) is 0 Å². The van der Waals surface area contributed by atoms with Gasteiger partial charge in [-0.05, 0) is 29.7 Å². The maximum atomic E-state index is 4.57. The largest absolute Gasteiger partial charge is 0.261 e. The zero-order valence-corrected chi connectivity index (χ0v) is 12.2. The Labute approximate surface area is 126 Å². The van der Waals surface area contributed by atoms with Gasteiger partial charge in [-0.3, -0.25) is 4.98 Å². The Balaban J connectivity index is 1.95. The van der Waals surface area contributed by atoms with Crippen LogP contribution in [0.3, 0.4) is 0 Å². The topological polar surface area (TPSA) is 12.9 Å². The number of hydrogen-bond donors (Lipinski definition) is 0. The first-order valence-electron chi connectivity index (χ1n) is 7.34. The molecule has 0 amide bonds. The van der Waals surface area contributed by atoms with Crippen LogP contribution in [0.25, 0.3) is 0 Å². The van der Waals surface area contributed by atoms with Gasteiger partial charge in [0.05, 0.1) is 0 Å². The molecule has 0 radical (unpaired) electrons. The predicted octanol–water partition coefficient (Wildman–Crippen LogP) is 4.76. The molecule has 0 aliphatic rings. The number of rotatable bonds is 4. The summed E-state index contributed by atoms with van der Waals surface area (Å²) >= 11 is 0. The summed E-state index contributed by atoms with van der Waals surface area (Å²) in [5.74, 6) is 0.350. The fourth-order valence-corrected chi connectivity index (χ4v) is 2.63. The van der Waals surface area contributed by atoms with Gasteiger partial charge in [0.25, 0.3) is 0 Å². The number of aromatic nitrogens is 1. The molecule has 0 bridgehead atoms. The fourth-order valence-electron chi connectivity index (χ4n) is 2.63. The van der Waals surface area contributed by atoms with E-state index in [1.54, 1.807) is 0 Å². The van der Waals surface area contributed by atoms with E-state index in [4.69, 9.17) is 0 Å². The first kappa shape index (κ1) is 13.6. The molecule has 0 unspecified atom stereocenters. The molecule has 104 valence electrons. The highest BCUT2D eigenvalue weighted by atomic mass is 14.7. The van der Waals surface area contributed by atoms with E-state index >= 15 is 0 Å². The van der Waals surface area contributed by atoms with Gasteiger partial charge < -0.3 is 0 Å².